The van der Waals surface area contributed by atoms with E-state index in [1.807, 2.05) is 0 Å². The second kappa shape index (κ2) is 7.67. The first kappa shape index (κ1) is 18.3. The van der Waals surface area contributed by atoms with Crippen LogP contribution in [-0.4, -0.2) is 43.4 Å². The molecule has 0 aromatic heterocycles. The highest BCUT2D eigenvalue weighted by Crippen LogP contribution is 2.31. The number of thiocarbonyl (C=S) groups is 1. The summed E-state index contributed by atoms with van der Waals surface area (Å²) in [5, 5.41) is 3.33. The molecule has 1 aliphatic rings. The molecule has 1 heterocycles. The zero-order valence-corrected chi connectivity index (χ0v) is 14.4. The minimum atomic E-state index is -0.996. The number of rotatable bonds is 5. The van der Waals surface area contributed by atoms with E-state index in [0.29, 0.717) is 16.4 Å². The largest absolute Gasteiger partial charge is 0.460 e. The minimum Gasteiger partial charge on any atom is -0.460 e. The Labute approximate surface area is 144 Å². The second-order valence-electron chi connectivity index (χ2n) is 5.24. The second-order valence-corrected chi connectivity index (χ2v) is 5.63. The van der Waals surface area contributed by atoms with E-state index in [-0.39, 0.29) is 18.8 Å². The van der Waals surface area contributed by atoms with Crippen molar-refractivity contribution in [3.63, 3.8) is 0 Å². The lowest BCUT2D eigenvalue weighted by molar-refractivity contribution is -0.140. The van der Waals surface area contributed by atoms with E-state index in [4.69, 9.17) is 21.7 Å². The van der Waals surface area contributed by atoms with Gasteiger partial charge in [0.2, 0.25) is 0 Å². The van der Waals surface area contributed by atoms with Crippen molar-refractivity contribution >= 4 is 23.3 Å². The number of esters is 1. The van der Waals surface area contributed by atoms with Crippen molar-refractivity contribution in [2.24, 2.45) is 0 Å². The number of methoxy groups -OCH3 is 1. The zero-order chi connectivity index (χ0) is 17.9. The van der Waals surface area contributed by atoms with Gasteiger partial charge in [0.05, 0.1) is 18.2 Å². The van der Waals surface area contributed by atoms with E-state index in [0.717, 1.165) is 12.1 Å². The molecule has 1 aromatic carbocycles. The molecule has 0 spiro atoms. The third-order valence-electron chi connectivity index (χ3n) is 3.77. The average Bonchev–Trinajstić information content (AvgIpc) is 2.55. The number of carbonyl (C=O) groups is 1. The fraction of sp³-hybridized carbons (Fsp3) is 0.375. The molecule has 1 N–H and O–H groups in total. The van der Waals surface area contributed by atoms with Crippen LogP contribution in [0.4, 0.5) is 8.78 Å². The van der Waals surface area contributed by atoms with E-state index in [1.165, 1.54) is 13.2 Å². The fourth-order valence-corrected chi connectivity index (χ4v) is 2.59. The Morgan fingerprint density at radius 1 is 1.33 bits per heavy atom. The summed E-state index contributed by atoms with van der Waals surface area (Å²) < 4.78 is 36.8. The maximum Gasteiger partial charge on any atom is 0.338 e. The van der Waals surface area contributed by atoms with Crippen LogP contribution in [0, 0.1) is 11.6 Å². The number of hydrogen-bond acceptors (Lipinski definition) is 4. The minimum absolute atomic E-state index is 0.0881. The predicted molar refractivity (Wildman–Crippen MR) is 88.1 cm³/mol. The number of allylic oxidation sites excluding steroid dienone is 1. The smallest absolute Gasteiger partial charge is 0.338 e. The molecule has 0 radical (unpaired) electrons. The van der Waals surface area contributed by atoms with E-state index < -0.39 is 23.6 Å². The molecule has 0 unspecified atom stereocenters. The monoisotopic (exact) mass is 356 g/mol. The molecule has 8 heteroatoms. The van der Waals surface area contributed by atoms with Crippen molar-refractivity contribution < 1.29 is 23.0 Å². The van der Waals surface area contributed by atoms with Gasteiger partial charge in [-0.2, -0.15) is 0 Å². The van der Waals surface area contributed by atoms with Crippen molar-refractivity contribution in [3.8, 4) is 0 Å². The van der Waals surface area contributed by atoms with Gasteiger partial charge in [0.15, 0.2) is 16.7 Å². The average molecular weight is 356 g/mol. The van der Waals surface area contributed by atoms with Gasteiger partial charge in [-0.15, -0.1) is 0 Å². The van der Waals surface area contributed by atoms with Gasteiger partial charge in [-0.25, -0.2) is 13.6 Å². The highest BCUT2D eigenvalue weighted by Gasteiger charge is 2.33. The highest BCUT2D eigenvalue weighted by atomic mass is 32.1. The van der Waals surface area contributed by atoms with E-state index in [9.17, 15) is 13.6 Å². The lowest BCUT2D eigenvalue weighted by Gasteiger charge is -2.35. The van der Waals surface area contributed by atoms with Crippen LogP contribution in [-0.2, 0) is 14.3 Å². The first-order chi connectivity index (χ1) is 11.4. The number of benzene rings is 1. The molecule has 0 saturated heterocycles. The summed E-state index contributed by atoms with van der Waals surface area (Å²) in [6.07, 6.45) is 0. The molecule has 1 aliphatic heterocycles. The SMILES string of the molecule is COCCOC(=O)C1=C(C)N(C)C(=S)N[C@@H]1c1ccc(F)c(F)c1. The molecule has 0 fully saturated rings. The molecule has 130 valence electrons. The van der Waals surface area contributed by atoms with Crippen LogP contribution in [0.3, 0.4) is 0 Å². The quantitative estimate of drug-likeness (QED) is 0.496. The summed E-state index contributed by atoms with van der Waals surface area (Å²) >= 11 is 5.23. The topological polar surface area (TPSA) is 50.8 Å². The third-order valence-corrected chi connectivity index (χ3v) is 4.16. The molecule has 0 bridgehead atoms. The van der Waals surface area contributed by atoms with Crippen LogP contribution in [0.15, 0.2) is 29.5 Å². The van der Waals surface area contributed by atoms with Crippen molar-refractivity contribution in [2.45, 2.75) is 13.0 Å². The van der Waals surface area contributed by atoms with Crippen molar-refractivity contribution in [1.82, 2.24) is 10.2 Å². The maximum atomic E-state index is 13.6. The van der Waals surface area contributed by atoms with Gasteiger partial charge in [-0.3, -0.25) is 0 Å². The van der Waals surface area contributed by atoms with Crippen LogP contribution in [0.5, 0.6) is 0 Å². The Morgan fingerprint density at radius 3 is 2.67 bits per heavy atom. The summed E-state index contributed by atoms with van der Waals surface area (Å²) in [7, 11) is 3.20. The molecule has 2 rings (SSSR count). The highest BCUT2D eigenvalue weighted by molar-refractivity contribution is 7.80. The zero-order valence-electron chi connectivity index (χ0n) is 13.6. The molecule has 1 atom stereocenters. The standard InChI is InChI=1S/C16H18F2N2O3S/c1-9-13(15(21)23-7-6-22-3)14(19-16(24)20(9)2)10-4-5-11(17)12(18)8-10/h4-5,8,14H,6-7H2,1-3H3,(H,19,24)/t14-/m1/s1. The van der Waals surface area contributed by atoms with Gasteiger partial charge >= 0.3 is 5.97 Å². The fourth-order valence-electron chi connectivity index (χ4n) is 2.34. The normalized spacial score (nSPS) is 17.8. The predicted octanol–water partition coefficient (Wildman–Crippen LogP) is 2.29. The lowest BCUT2D eigenvalue weighted by atomic mass is 9.95. The van der Waals surface area contributed by atoms with Crippen LogP contribution in [0.25, 0.3) is 0 Å². The summed E-state index contributed by atoms with van der Waals surface area (Å²) in [6, 6.07) is 2.73. The Balaban J connectivity index is 2.40. The van der Waals surface area contributed by atoms with Crippen molar-refractivity contribution in [2.75, 3.05) is 27.4 Å². The Bertz CT molecular complexity index is 694. The molecule has 24 heavy (non-hydrogen) atoms. The van der Waals surface area contributed by atoms with Gasteiger partial charge in [-0.1, -0.05) is 6.07 Å². The Morgan fingerprint density at radius 2 is 2.04 bits per heavy atom. The maximum absolute atomic E-state index is 13.6. The summed E-state index contributed by atoms with van der Waals surface area (Å²) in [6.45, 7) is 2.06. The number of nitrogens with zero attached hydrogens (tertiary/aromatic N) is 1. The van der Waals surface area contributed by atoms with Crippen molar-refractivity contribution in [1.29, 1.82) is 0 Å². The number of hydrogen-bond donors (Lipinski definition) is 1. The van der Waals surface area contributed by atoms with Gasteiger partial charge < -0.3 is 19.7 Å². The summed E-state index contributed by atoms with van der Waals surface area (Å²) in [4.78, 5) is 14.1. The molecule has 1 aromatic rings. The summed E-state index contributed by atoms with van der Waals surface area (Å²) in [5.41, 5.74) is 1.24. The molecular formula is C16H18F2N2O3S. The number of carbonyl (C=O) groups excluding carboxylic acids is 1. The van der Waals surface area contributed by atoms with Crippen LogP contribution < -0.4 is 5.32 Å². The Kier molecular flexibility index (Phi) is 5.84. The number of halogens is 2. The van der Waals surface area contributed by atoms with Gasteiger partial charge in [0, 0.05) is 19.9 Å². The van der Waals surface area contributed by atoms with Crippen LogP contribution >= 0.6 is 12.2 Å². The molecular weight excluding hydrogens is 338 g/mol. The summed E-state index contributed by atoms with van der Waals surface area (Å²) in [5.74, 6) is -2.52. The van der Waals surface area contributed by atoms with E-state index in [2.05, 4.69) is 5.32 Å². The van der Waals surface area contributed by atoms with E-state index >= 15 is 0 Å². The molecule has 0 aliphatic carbocycles. The van der Waals surface area contributed by atoms with Gasteiger partial charge in [0.1, 0.15) is 6.61 Å². The van der Waals surface area contributed by atoms with Crippen molar-refractivity contribution in [3.05, 3.63) is 46.7 Å². The third kappa shape index (κ3) is 3.70. The molecule has 5 nitrogen and oxygen atoms in total. The van der Waals surface area contributed by atoms with Gasteiger partial charge in [-0.05, 0) is 36.8 Å². The van der Waals surface area contributed by atoms with E-state index in [1.54, 1.807) is 18.9 Å². The first-order valence-electron chi connectivity index (χ1n) is 7.22. The Hall–Kier alpha value is -2.06. The molecule has 0 amide bonds. The first-order valence-corrected chi connectivity index (χ1v) is 7.63. The van der Waals surface area contributed by atoms with Crippen LogP contribution in [0.2, 0.25) is 0 Å². The molecule has 0 saturated carbocycles. The van der Waals surface area contributed by atoms with Gasteiger partial charge in [0.25, 0.3) is 0 Å². The van der Waals surface area contributed by atoms with Crippen LogP contribution in [0.1, 0.15) is 18.5 Å². The number of ether oxygens (including phenoxy) is 2. The lowest BCUT2D eigenvalue weighted by Crippen LogP contribution is -2.46. The number of nitrogens with one attached hydrogen (secondary N) is 1.